The molecule has 0 spiro atoms. The minimum atomic E-state index is -4.39. The predicted molar refractivity (Wildman–Crippen MR) is 74.7 cm³/mol. The molecule has 0 bridgehead atoms. The monoisotopic (exact) mass is 337 g/mol. The summed E-state index contributed by atoms with van der Waals surface area (Å²) in [5.41, 5.74) is -1.85. The molecule has 0 radical (unpaired) electrons. The van der Waals surface area contributed by atoms with E-state index in [0.29, 0.717) is 5.56 Å². The van der Waals surface area contributed by atoms with E-state index in [4.69, 9.17) is 9.84 Å². The Morgan fingerprint density at radius 3 is 2.50 bits per heavy atom. The second-order valence-electron chi connectivity index (χ2n) is 5.05. The molecule has 0 aliphatic carbocycles. The number of sulfonamides is 1. The van der Waals surface area contributed by atoms with E-state index in [0.717, 1.165) is 6.92 Å². The van der Waals surface area contributed by atoms with Crippen molar-refractivity contribution in [1.82, 2.24) is 4.72 Å². The Hall–Kier alpha value is -1.74. The van der Waals surface area contributed by atoms with E-state index in [1.165, 1.54) is 19.2 Å². The van der Waals surface area contributed by atoms with Gasteiger partial charge in [-0.3, -0.25) is 4.79 Å². The lowest BCUT2D eigenvalue weighted by Gasteiger charge is -2.28. The molecule has 1 aromatic rings. The van der Waals surface area contributed by atoms with Gasteiger partial charge >= 0.3 is 5.97 Å². The molecule has 2 N–H and O–H groups in total. The van der Waals surface area contributed by atoms with Gasteiger partial charge in [-0.05, 0) is 31.5 Å². The van der Waals surface area contributed by atoms with Crippen LogP contribution < -0.4 is 9.46 Å². The van der Waals surface area contributed by atoms with Gasteiger partial charge in [-0.25, -0.2) is 17.2 Å². The first-order valence-corrected chi connectivity index (χ1v) is 7.69. The zero-order valence-corrected chi connectivity index (χ0v) is 13.1. The number of ether oxygens (including phenoxy) is 1. The van der Waals surface area contributed by atoms with E-state index >= 15 is 0 Å². The number of carboxylic acid groups (broad SMARTS) is 1. The average Bonchev–Trinajstić information content (AvgIpc) is 2.36. The minimum Gasteiger partial charge on any atom is -0.495 e. The second-order valence-corrected chi connectivity index (χ2v) is 6.70. The maximum absolute atomic E-state index is 13.1. The van der Waals surface area contributed by atoms with Crippen LogP contribution in [0.1, 0.15) is 18.9 Å². The summed E-state index contributed by atoms with van der Waals surface area (Å²) in [4.78, 5) is 10.4. The zero-order chi connectivity index (χ0) is 17.1. The zero-order valence-electron chi connectivity index (χ0n) is 12.3. The van der Waals surface area contributed by atoms with Crippen molar-refractivity contribution < 1.29 is 31.8 Å². The number of carbonyl (C=O) groups is 1. The van der Waals surface area contributed by atoms with E-state index in [2.05, 4.69) is 0 Å². The van der Waals surface area contributed by atoms with Crippen LogP contribution >= 0.6 is 0 Å². The smallest absolute Gasteiger partial charge is 0.305 e. The Morgan fingerprint density at radius 2 is 2.05 bits per heavy atom. The second kappa shape index (κ2) is 6.57. The predicted octanol–water partition coefficient (Wildman–Crippen LogP) is 1.78. The van der Waals surface area contributed by atoms with Crippen molar-refractivity contribution >= 4 is 16.0 Å². The molecule has 0 amide bonds. The fraction of sp³-hybridized carbons (Fsp3) is 0.462. The summed E-state index contributed by atoms with van der Waals surface area (Å²) < 4.78 is 57.7. The molecule has 1 atom stereocenters. The van der Waals surface area contributed by atoms with Crippen LogP contribution in [0.15, 0.2) is 23.1 Å². The van der Waals surface area contributed by atoms with Gasteiger partial charge in [0.2, 0.25) is 10.0 Å². The fourth-order valence-electron chi connectivity index (χ4n) is 1.83. The summed E-state index contributed by atoms with van der Waals surface area (Å²) >= 11 is 0. The van der Waals surface area contributed by atoms with E-state index in [-0.39, 0.29) is 10.6 Å². The van der Waals surface area contributed by atoms with Crippen LogP contribution in [0.3, 0.4) is 0 Å². The summed E-state index contributed by atoms with van der Waals surface area (Å²) in [5.74, 6) is -1.56. The van der Waals surface area contributed by atoms with Crippen LogP contribution in [0.5, 0.6) is 5.75 Å². The van der Waals surface area contributed by atoms with Crippen molar-refractivity contribution in [2.24, 2.45) is 0 Å². The lowest BCUT2D eigenvalue weighted by molar-refractivity contribution is -0.140. The molecular weight excluding hydrogens is 320 g/mol. The molecule has 1 rings (SSSR count). The SMILES string of the molecule is COc1ccc(C)cc1S(=O)(=O)NC(C)(CC(=O)O)C(F)F. The molecule has 0 heterocycles. The number of nitrogens with one attached hydrogen (secondary N) is 1. The first kappa shape index (κ1) is 18.3. The van der Waals surface area contributed by atoms with Crippen LogP contribution in [0.4, 0.5) is 8.78 Å². The van der Waals surface area contributed by atoms with E-state index in [1.54, 1.807) is 17.7 Å². The molecule has 22 heavy (non-hydrogen) atoms. The van der Waals surface area contributed by atoms with Crippen LogP contribution in [0.25, 0.3) is 0 Å². The molecule has 1 unspecified atom stereocenters. The number of aryl methyl sites for hydroxylation is 1. The van der Waals surface area contributed by atoms with Crippen molar-refractivity contribution in [2.45, 2.75) is 37.1 Å². The highest BCUT2D eigenvalue weighted by Gasteiger charge is 2.42. The molecule has 0 saturated carbocycles. The molecule has 0 aliphatic heterocycles. The molecule has 1 aromatic carbocycles. The highest BCUT2D eigenvalue weighted by Crippen LogP contribution is 2.28. The topological polar surface area (TPSA) is 92.7 Å². The molecule has 0 saturated heterocycles. The summed E-state index contributed by atoms with van der Waals surface area (Å²) in [6, 6.07) is 4.25. The first-order valence-electron chi connectivity index (χ1n) is 6.20. The van der Waals surface area contributed by atoms with Gasteiger partial charge in [-0.15, -0.1) is 0 Å². The highest BCUT2D eigenvalue weighted by atomic mass is 32.2. The third-order valence-electron chi connectivity index (χ3n) is 2.98. The van der Waals surface area contributed by atoms with E-state index in [1.807, 2.05) is 0 Å². The Labute approximate surface area is 127 Å². The van der Waals surface area contributed by atoms with Crippen molar-refractivity contribution in [1.29, 1.82) is 0 Å². The van der Waals surface area contributed by atoms with Gasteiger partial charge < -0.3 is 9.84 Å². The lowest BCUT2D eigenvalue weighted by atomic mass is 10.0. The number of hydrogen-bond acceptors (Lipinski definition) is 4. The number of halogens is 2. The third-order valence-corrected chi connectivity index (χ3v) is 4.61. The Balaban J connectivity index is 3.29. The first-order chi connectivity index (χ1) is 10.0. The number of hydrogen-bond donors (Lipinski definition) is 2. The maximum Gasteiger partial charge on any atom is 0.305 e. The normalized spacial score (nSPS) is 14.6. The summed E-state index contributed by atoms with van der Waals surface area (Å²) in [5, 5.41) is 8.72. The Bertz CT molecular complexity index is 662. The van der Waals surface area contributed by atoms with Gasteiger partial charge in [0.05, 0.1) is 13.5 Å². The van der Waals surface area contributed by atoms with Crippen LogP contribution in [0, 0.1) is 6.92 Å². The quantitative estimate of drug-likeness (QED) is 0.791. The Morgan fingerprint density at radius 1 is 1.45 bits per heavy atom. The molecule has 0 aliphatic rings. The molecular formula is C13H17F2NO5S. The standard InChI is InChI=1S/C13H17F2NO5S/c1-8-4-5-9(21-3)10(6-8)22(19,20)16-13(2,12(14)15)7-11(17)18/h4-6,12,16H,7H2,1-3H3,(H,17,18). The van der Waals surface area contributed by atoms with E-state index in [9.17, 15) is 22.0 Å². The van der Waals surface area contributed by atoms with Crippen molar-refractivity contribution in [2.75, 3.05) is 7.11 Å². The van der Waals surface area contributed by atoms with Crippen LogP contribution in [-0.4, -0.2) is 38.6 Å². The fourth-order valence-corrected chi connectivity index (χ4v) is 3.47. The number of aliphatic carboxylic acids is 1. The van der Waals surface area contributed by atoms with E-state index < -0.39 is 34.4 Å². The molecule has 6 nitrogen and oxygen atoms in total. The molecule has 9 heteroatoms. The van der Waals surface area contributed by atoms with Crippen molar-refractivity contribution in [3.05, 3.63) is 23.8 Å². The number of carboxylic acids is 1. The number of benzene rings is 1. The summed E-state index contributed by atoms with van der Waals surface area (Å²) in [7, 11) is -3.15. The van der Waals surface area contributed by atoms with Gasteiger partial charge in [0.15, 0.2) is 0 Å². The number of alkyl halides is 2. The molecule has 0 fully saturated rings. The largest absolute Gasteiger partial charge is 0.495 e. The molecule has 0 aromatic heterocycles. The van der Waals surface area contributed by atoms with Gasteiger partial charge in [0.25, 0.3) is 6.43 Å². The van der Waals surface area contributed by atoms with Gasteiger partial charge in [-0.2, -0.15) is 4.72 Å². The number of rotatable bonds is 7. The molecule has 124 valence electrons. The van der Waals surface area contributed by atoms with Crippen LogP contribution in [0.2, 0.25) is 0 Å². The van der Waals surface area contributed by atoms with Crippen LogP contribution in [-0.2, 0) is 14.8 Å². The lowest BCUT2D eigenvalue weighted by Crippen LogP contribution is -2.52. The van der Waals surface area contributed by atoms with Crippen molar-refractivity contribution in [3.63, 3.8) is 0 Å². The highest BCUT2D eigenvalue weighted by molar-refractivity contribution is 7.89. The average molecular weight is 337 g/mol. The summed E-state index contributed by atoms with van der Waals surface area (Å²) in [6.45, 7) is 2.47. The Kier molecular flexibility index (Phi) is 5.47. The third kappa shape index (κ3) is 4.14. The van der Waals surface area contributed by atoms with Gasteiger partial charge in [0.1, 0.15) is 16.2 Å². The maximum atomic E-state index is 13.1. The van der Waals surface area contributed by atoms with Gasteiger partial charge in [0, 0.05) is 0 Å². The number of methoxy groups -OCH3 is 1. The minimum absolute atomic E-state index is 0.0231. The van der Waals surface area contributed by atoms with Gasteiger partial charge in [-0.1, -0.05) is 6.07 Å². The summed E-state index contributed by atoms with van der Waals surface area (Å²) in [6.07, 6.45) is -4.26. The van der Waals surface area contributed by atoms with Crippen molar-refractivity contribution in [3.8, 4) is 5.75 Å².